The summed E-state index contributed by atoms with van der Waals surface area (Å²) >= 11 is 15.4. The first-order valence-corrected chi connectivity index (χ1v) is 11.1. The van der Waals surface area contributed by atoms with Crippen molar-refractivity contribution in [1.29, 1.82) is 0 Å². The van der Waals surface area contributed by atoms with Crippen LogP contribution in [-0.2, 0) is 13.1 Å². The van der Waals surface area contributed by atoms with Crippen LogP contribution in [0.2, 0.25) is 10.0 Å². The molecule has 4 rings (SSSR count). The molecular formula is C19H15Cl2N5OS2. The van der Waals surface area contributed by atoms with Gasteiger partial charge in [0.1, 0.15) is 0 Å². The van der Waals surface area contributed by atoms with Crippen molar-refractivity contribution in [2.24, 2.45) is 0 Å². The van der Waals surface area contributed by atoms with Gasteiger partial charge < -0.3 is 10.6 Å². The molecule has 0 saturated carbocycles. The molecule has 0 bridgehead atoms. The minimum atomic E-state index is -0.392. The molecule has 0 radical (unpaired) electrons. The highest BCUT2D eigenvalue weighted by molar-refractivity contribution is 7.10. The van der Waals surface area contributed by atoms with E-state index in [1.165, 1.54) is 10.7 Å². The minimum Gasteiger partial charge on any atom is -0.349 e. The van der Waals surface area contributed by atoms with Crippen molar-refractivity contribution >= 4 is 63.7 Å². The van der Waals surface area contributed by atoms with E-state index in [1.807, 2.05) is 35.0 Å². The maximum Gasteiger partial charge on any atom is 0.282 e. The number of thiophene rings is 2. The lowest BCUT2D eigenvalue weighted by Gasteiger charge is -2.07. The Bertz CT molecular complexity index is 1110. The summed E-state index contributed by atoms with van der Waals surface area (Å²) < 4.78 is 1.22. The fourth-order valence-corrected chi connectivity index (χ4v) is 4.36. The monoisotopic (exact) mass is 463 g/mol. The summed E-state index contributed by atoms with van der Waals surface area (Å²) in [4.78, 5) is 19.8. The van der Waals surface area contributed by atoms with Crippen molar-refractivity contribution in [2.75, 3.05) is 10.6 Å². The third kappa shape index (κ3) is 4.79. The van der Waals surface area contributed by atoms with E-state index in [4.69, 9.17) is 23.2 Å². The summed E-state index contributed by atoms with van der Waals surface area (Å²) in [6, 6.07) is 12.7. The zero-order valence-electron chi connectivity index (χ0n) is 14.9. The van der Waals surface area contributed by atoms with Gasteiger partial charge in [-0.25, -0.2) is 0 Å². The van der Waals surface area contributed by atoms with Gasteiger partial charge in [0.2, 0.25) is 11.9 Å². The molecule has 4 aromatic rings. The van der Waals surface area contributed by atoms with Crippen LogP contribution in [0.1, 0.15) is 20.1 Å². The van der Waals surface area contributed by atoms with Crippen LogP contribution in [-0.4, -0.2) is 20.7 Å². The van der Waals surface area contributed by atoms with Gasteiger partial charge in [-0.05, 0) is 41.1 Å². The van der Waals surface area contributed by atoms with Gasteiger partial charge in [-0.15, -0.1) is 27.8 Å². The van der Waals surface area contributed by atoms with Crippen molar-refractivity contribution in [3.63, 3.8) is 0 Å². The molecule has 0 saturated heterocycles. The first kappa shape index (κ1) is 19.9. The van der Waals surface area contributed by atoms with Crippen LogP contribution < -0.4 is 10.6 Å². The summed E-state index contributed by atoms with van der Waals surface area (Å²) in [7, 11) is 0. The Morgan fingerprint density at radius 1 is 1.00 bits per heavy atom. The highest BCUT2D eigenvalue weighted by Gasteiger charge is 2.20. The zero-order valence-corrected chi connectivity index (χ0v) is 18.1. The number of hydrogen-bond acceptors (Lipinski definition) is 7. The number of benzene rings is 1. The quantitative estimate of drug-likeness (QED) is 0.372. The third-order valence-electron chi connectivity index (χ3n) is 3.96. The smallest absolute Gasteiger partial charge is 0.282 e. The van der Waals surface area contributed by atoms with Gasteiger partial charge in [-0.2, -0.15) is 9.67 Å². The number of anilines is 2. The molecule has 1 aromatic carbocycles. The van der Waals surface area contributed by atoms with Crippen LogP contribution in [0.25, 0.3) is 0 Å². The highest BCUT2D eigenvalue weighted by atomic mass is 35.5. The predicted molar refractivity (Wildman–Crippen MR) is 120 cm³/mol. The van der Waals surface area contributed by atoms with Crippen molar-refractivity contribution in [2.45, 2.75) is 13.1 Å². The number of halogens is 2. The van der Waals surface area contributed by atoms with Gasteiger partial charge in [0, 0.05) is 14.8 Å². The Kier molecular flexibility index (Phi) is 6.15. The van der Waals surface area contributed by atoms with E-state index in [0.717, 1.165) is 9.75 Å². The Morgan fingerprint density at radius 2 is 1.69 bits per heavy atom. The van der Waals surface area contributed by atoms with Crippen LogP contribution in [0.15, 0.2) is 53.2 Å². The zero-order chi connectivity index (χ0) is 20.2. The average Bonchev–Trinajstić information content (AvgIpc) is 3.46. The Morgan fingerprint density at radius 3 is 2.31 bits per heavy atom. The second kappa shape index (κ2) is 8.96. The summed E-state index contributed by atoms with van der Waals surface area (Å²) in [5.74, 6) is 0.297. The number of rotatable bonds is 7. The molecule has 0 aliphatic heterocycles. The largest absolute Gasteiger partial charge is 0.349 e. The van der Waals surface area contributed by atoms with Crippen molar-refractivity contribution < 1.29 is 4.79 Å². The number of nitrogens with one attached hydrogen (secondary N) is 2. The molecule has 0 unspecified atom stereocenters. The molecule has 6 nitrogen and oxygen atoms in total. The maximum absolute atomic E-state index is 13.1. The van der Waals surface area contributed by atoms with E-state index in [0.29, 0.717) is 35.6 Å². The topological polar surface area (TPSA) is 71.8 Å². The Balaban J connectivity index is 1.60. The molecular weight excluding hydrogens is 449 g/mol. The molecule has 0 atom stereocenters. The number of aromatic nitrogens is 3. The van der Waals surface area contributed by atoms with E-state index in [9.17, 15) is 4.79 Å². The van der Waals surface area contributed by atoms with Crippen LogP contribution >= 0.6 is 45.9 Å². The molecule has 148 valence electrons. The van der Waals surface area contributed by atoms with Gasteiger partial charge >= 0.3 is 0 Å². The summed E-state index contributed by atoms with van der Waals surface area (Å²) in [5.41, 5.74) is 0.296. The van der Waals surface area contributed by atoms with E-state index >= 15 is 0 Å². The highest BCUT2D eigenvalue weighted by Crippen LogP contribution is 2.23. The van der Waals surface area contributed by atoms with Gasteiger partial charge in [0.25, 0.3) is 5.91 Å². The second-order valence-electron chi connectivity index (χ2n) is 5.97. The van der Waals surface area contributed by atoms with Crippen LogP contribution in [0.3, 0.4) is 0 Å². The molecule has 29 heavy (non-hydrogen) atoms. The SMILES string of the molecule is O=C(c1ccc(Cl)cc1Cl)n1nc(NCc2cccs2)nc1NCc1cccs1. The van der Waals surface area contributed by atoms with Crippen molar-refractivity contribution in [3.8, 4) is 0 Å². The molecule has 0 aliphatic rings. The van der Waals surface area contributed by atoms with Crippen LogP contribution in [0.5, 0.6) is 0 Å². The molecule has 3 heterocycles. The minimum absolute atomic E-state index is 0.260. The molecule has 0 amide bonds. The Labute approximate surface area is 185 Å². The lowest BCUT2D eigenvalue weighted by Crippen LogP contribution is -2.18. The predicted octanol–water partition coefficient (Wildman–Crippen LogP) is 5.62. The van der Waals surface area contributed by atoms with E-state index < -0.39 is 5.91 Å². The van der Waals surface area contributed by atoms with Crippen molar-refractivity contribution in [1.82, 2.24) is 14.8 Å². The van der Waals surface area contributed by atoms with E-state index in [-0.39, 0.29) is 5.02 Å². The number of carbonyl (C=O) groups is 1. The fraction of sp³-hybridized carbons (Fsp3) is 0.105. The summed E-state index contributed by atoms with van der Waals surface area (Å²) in [5, 5.41) is 15.4. The Hall–Kier alpha value is -2.39. The normalized spacial score (nSPS) is 10.8. The first-order valence-electron chi connectivity index (χ1n) is 8.59. The van der Waals surface area contributed by atoms with Gasteiger partial charge in [-0.3, -0.25) is 4.79 Å². The lowest BCUT2D eigenvalue weighted by molar-refractivity contribution is 0.0948. The maximum atomic E-state index is 13.1. The number of carbonyl (C=O) groups excluding carboxylic acids is 1. The molecule has 0 aliphatic carbocycles. The second-order valence-corrected chi connectivity index (χ2v) is 8.87. The van der Waals surface area contributed by atoms with Gasteiger partial charge in [-0.1, -0.05) is 35.3 Å². The summed E-state index contributed by atoms with van der Waals surface area (Å²) in [6.45, 7) is 1.10. The molecule has 3 aromatic heterocycles. The summed E-state index contributed by atoms with van der Waals surface area (Å²) in [6.07, 6.45) is 0. The van der Waals surface area contributed by atoms with E-state index in [1.54, 1.807) is 34.8 Å². The van der Waals surface area contributed by atoms with Crippen molar-refractivity contribution in [3.05, 3.63) is 78.6 Å². The lowest BCUT2D eigenvalue weighted by atomic mass is 10.2. The molecule has 10 heteroatoms. The first-order chi connectivity index (χ1) is 14.1. The average molecular weight is 464 g/mol. The number of nitrogens with zero attached hydrogens (tertiary/aromatic N) is 3. The van der Waals surface area contributed by atoms with Crippen LogP contribution in [0, 0.1) is 0 Å². The van der Waals surface area contributed by atoms with E-state index in [2.05, 4.69) is 20.7 Å². The fourth-order valence-electron chi connectivity index (χ4n) is 2.58. The number of hydrogen-bond donors (Lipinski definition) is 2. The third-order valence-corrected chi connectivity index (χ3v) is 6.26. The standard InChI is InChI=1S/C19H15Cl2N5OS2/c20-12-5-6-15(16(21)9-12)17(27)26-19(23-11-14-4-2-8-29-14)24-18(25-26)22-10-13-3-1-7-28-13/h1-9H,10-11H2,(H2,22,23,24,25). The molecule has 0 spiro atoms. The van der Waals surface area contributed by atoms with Gasteiger partial charge in [0.05, 0.1) is 23.7 Å². The van der Waals surface area contributed by atoms with Gasteiger partial charge in [0.15, 0.2) is 0 Å². The molecule has 0 fully saturated rings. The van der Waals surface area contributed by atoms with Crippen LogP contribution in [0.4, 0.5) is 11.9 Å². The molecule has 2 N–H and O–H groups in total.